The third-order valence-corrected chi connectivity index (χ3v) is 7.09. The molecule has 1 N–H and O–H groups in total. The van der Waals surface area contributed by atoms with Gasteiger partial charge in [0.25, 0.3) is 6.01 Å². The average Bonchev–Trinajstić information content (AvgIpc) is 3.51. The van der Waals surface area contributed by atoms with Gasteiger partial charge in [0, 0.05) is 43.8 Å². The predicted octanol–water partition coefficient (Wildman–Crippen LogP) is 4.13. The van der Waals surface area contributed by atoms with Crippen LogP contribution in [0.5, 0.6) is 0 Å². The van der Waals surface area contributed by atoms with E-state index in [0.717, 1.165) is 68.5 Å². The molecule has 2 saturated heterocycles. The van der Waals surface area contributed by atoms with Gasteiger partial charge in [-0.15, -0.1) is 0 Å². The van der Waals surface area contributed by atoms with Crippen molar-refractivity contribution < 1.29 is 9.21 Å². The molecule has 4 heterocycles. The van der Waals surface area contributed by atoms with Crippen molar-refractivity contribution in [3.8, 4) is 0 Å². The summed E-state index contributed by atoms with van der Waals surface area (Å²) in [5.74, 6) is 0.0863. The Morgan fingerprint density at radius 2 is 1.85 bits per heavy atom. The highest BCUT2D eigenvalue weighted by molar-refractivity contribution is 5.86. The molecule has 7 heteroatoms. The van der Waals surface area contributed by atoms with Gasteiger partial charge in [-0.05, 0) is 55.5 Å². The van der Waals surface area contributed by atoms with E-state index in [2.05, 4.69) is 49.4 Å². The fourth-order valence-corrected chi connectivity index (χ4v) is 5.34. The second-order valence-electron chi connectivity index (χ2n) is 9.39. The molecule has 1 amide bonds. The number of pyridine rings is 1. The van der Waals surface area contributed by atoms with Crippen LogP contribution < -0.4 is 10.2 Å². The van der Waals surface area contributed by atoms with Gasteiger partial charge in [-0.3, -0.25) is 14.7 Å². The highest BCUT2D eigenvalue weighted by Gasteiger charge is 2.34. The molecule has 174 valence electrons. The Bertz CT molecular complexity index is 1280. The number of nitrogens with one attached hydrogen (secondary N) is 1. The maximum absolute atomic E-state index is 13.3. The third-order valence-electron chi connectivity index (χ3n) is 7.09. The number of carbonyl (C=O) groups excluding carboxylic acids is 1. The topological polar surface area (TPSA) is 74.5 Å². The molecule has 7 nitrogen and oxygen atoms in total. The molecule has 0 saturated carbocycles. The first-order chi connectivity index (χ1) is 16.7. The minimum absolute atomic E-state index is 0.0863. The number of nitrogens with zero attached hydrogens (tertiary/aromatic N) is 4. The molecule has 0 aliphatic carbocycles. The number of benzene rings is 2. The molecule has 0 spiro atoms. The van der Waals surface area contributed by atoms with Gasteiger partial charge >= 0.3 is 0 Å². The Labute approximate surface area is 198 Å². The number of hydrogen-bond donors (Lipinski definition) is 1. The van der Waals surface area contributed by atoms with E-state index >= 15 is 0 Å². The first-order valence-electron chi connectivity index (χ1n) is 12.2. The smallest absolute Gasteiger partial charge is 0.299 e. The Hall–Kier alpha value is -3.45. The molecule has 2 atom stereocenters. The summed E-state index contributed by atoms with van der Waals surface area (Å²) in [5, 5.41) is 4.53. The van der Waals surface area contributed by atoms with Crippen LogP contribution in [0, 0.1) is 0 Å². The van der Waals surface area contributed by atoms with Gasteiger partial charge in [-0.2, -0.15) is 4.98 Å². The van der Waals surface area contributed by atoms with E-state index in [1.807, 2.05) is 36.5 Å². The first kappa shape index (κ1) is 21.1. The van der Waals surface area contributed by atoms with Crippen LogP contribution >= 0.6 is 0 Å². The SMILES string of the molecule is O=C(N[C@H]1CCN(Cc2ccnc3ccccc23)C1)[C@@H]1CCCCN1c1nc2ccccc2o1. The zero-order chi connectivity index (χ0) is 22.9. The monoisotopic (exact) mass is 455 g/mol. The fraction of sp³-hybridized carbons (Fsp3) is 0.370. The van der Waals surface area contributed by atoms with E-state index in [4.69, 9.17) is 4.42 Å². The van der Waals surface area contributed by atoms with Crippen LogP contribution in [-0.2, 0) is 11.3 Å². The van der Waals surface area contributed by atoms with Gasteiger partial charge in [0.2, 0.25) is 5.91 Å². The van der Waals surface area contributed by atoms with Crippen molar-refractivity contribution in [1.82, 2.24) is 20.2 Å². The van der Waals surface area contributed by atoms with Gasteiger partial charge in [0.05, 0.1) is 5.52 Å². The predicted molar refractivity (Wildman–Crippen MR) is 133 cm³/mol. The van der Waals surface area contributed by atoms with Gasteiger partial charge in [-0.1, -0.05) is 30.3 Å². The van der Waals surface area contributed by atoms with E-state index in [9.17, 15) is 4.79 Å². The fourth-order valence-electron chi connectivity index (χ4n) is 5.34. The summed E-state index contributed by atoms with van der Waals surface area (Å²) in [4.78, 5) is 26.9. The maximum Gasteiger partial charge on any atom is 0.299 e. The lowest BCUT2D eigenvalue weighted by molar-refractivity contribution is -0.123. The molecule has 0 bridgehead atoms. The van der Waals surface area contributed by atoms with Crippen LogP contribution in [-0.4, -0.2) is 52.5 Å². The molecular formula is C27H29N5O2. The van der Waals surface area contributed by atoms with Crippen molar-refractivity contribution in [2.75, 3.05) is 24.5 Å². The average molecular weight is 456 g/mol. The van der Waals surface area contributed by atoms with Crippen molar-refractivity contribution >= 4 is 33.9 Å². The van der Waals surface area contributed by atoms with Crippen molar-refractivity contribution in [2.45, 2.75) is 44.3 Å². The quantitative estimate of drug-likeness (QED) is 0.488. The second kappa shape index (κ2) is 9.06. The van der Waals surface area contributed by atoms with Crippen LogP contribution in [0.25, 0.3) is 22.0 Å². The summed E-state index contributed by atoms with van der Waals surface area (Å²) >= 11 is 0. The van der Waals surface area contributed by atoms with E-state index in [-0.39, 0.29) is 18.0 Å². The van der Waals surface area contributed by atoms with E-state index < -0.39 is 0 Å². The summed E-state index contributed by atoms with van der Waals surface area (Å²) in [7, 11) is 0. The zero-order valence-electron chi connectivity index (χ0n) is 19.2. The van der Waals surface area contributed by atoms with Crippen LogP contribution in [0.4, 0.5) is 6.01 Å². The molecular weight excluding hydrogens is 426 g/mol. The molecule has 2 aromatic carbocycles. The van der Waals surface area contributed by atoms with Gasteiger partial charge in [0.1, 0.15) is 11.6 Å². The second-order valence-corrected chi connectivity index (χ2v) is 9.39. The number of likely N-dealkylation sites (tertiary alicyclic amines) is 1. The van der Waals surface area contributed by atoms with Crippen LogP contribution in [0.15, 0.2) is 65.2 Å². The highest BCUT2D eigenvalue weighted by Crippen LogP contribution is 2.28. The van der Waals surface area contributed by atoms with Crippen LogP contribution in [0.3, 0.4) is 0 Å². The molecule has 2 fully saturated rings. The number of para-hydroxylation sites is 3. The number of rotatable bonds is 5. The summed E-state index contributed by atoms with van der Waals surface area (Å²) in [5.41, 5.74) is 3.90. The summed E-state index contributed by atoms with van der Waals surface area (Å²) in [6.45, 7) is 3.49. The Morgan fingerprint density at radius 1 is 1.00 bits per heavy atom. The van der Waals surface area contributed by atoms with E-state index in [1.54, 1.807) is 0 Å². The lowest BCUT2D eigenvalue weighted by atomic mass is 10.0. The van der Waals surface area contributed by atoms with Gasteiger partial charge < -0.3 is 14.6 Å². The maximum atomic E-state index is 13.3. The number of hydrogen-bond acceptors (Lipinski definition) is 6. The van der Waals surface area contributed by atoms with E-state index in [1.165, 1.54) is 10.9 Å². The number of anilines is 1. The summed E-state index contributed by atoms with van der Waals surface area (Å²) in [6, 6.07) is 18.6. The third kappa shape index (κ3) is 4.12. The number of piperidine rings is 1. The minimum Gasteiger partial charge on any atom is -0.423 e. The highest BCUT2D eigenvalue weighted by atomic mass is 16.4. The number of aromatic nitrogens is 2. The van der Waals surface area contributed by atoms with Gasteiger partial charge in [-0.25, -0.2) is 0 Å². The summed E-state index contributed by atoms with van der Waals surface area (Å²) < 4.78 is 6.00. The molecule has 4 aromatic rings. The minimum atomic E-state index is -0.236. The van der Waals surface area contributed by atoms with Gasteiger partial charge in [0.15, 0.2) is 5.58 Å². The molecule has 0 unspecified atom stereocenters. The van der Waals surface area contributed by atoms with Crippen molar-refractivity contribution in [1.29, 1.82) is 0 Å². The largest absolute Gasteiger partial charge is 0.423 e. The standard InChI is InChI=1S/C27H29N5O2/c33-26(24-10-5-6-15-32(24)27-30-23-9-3-4-11-25(23)34-27)29-20-13-16-31(18-20)17-19-12-14-28-22-8-2-1-7-21(19)22/h1-4,7-9,11-12,14,20,24H,5-6,10,13,15-18H2,(H,29,33)/t20-,24-/m0/s1. The van der Waals surface area contributed by atoms with Crippen LogP contribution in [0.1, 0.15) is 31.2 Å². The molecule has 34 heavy (non-hydrogen) atoms. The lowest BCUT2D eigenvalue weighted by Gasteiger charge is -2.34. The Kier molecular flexibility index (Phi) is 5.63. The van der Waals surface area contributed by atoms with Crippen LogP contribution in [0.2, 0.25) is 0 Å². The lowest BCUT2D eigenvalue weighted by Crippen LogP contribution is -2.52. The normalized spacial score (nSPS) is 21.4. The number of carbonyl (C=O) groups is 1. The molecule has 2 aliphatic rings. The van der Waals surface area contributed by atoms with Crippen molar-refractivity contribution in [3.63, 3.8) is 0 Å². The number of fused-ring (bicyclic) bond motifs is 2. The number of amides is 1. The first-order valence-corrected chi connectivity index (χ1v) is 12.2. The molecule has 2 aliphatic heterocycles. The molecule has 6 rings (SSSR count). The Balaban J connectivity index is 1.12. The van der Waals surface area contributed by atoms with E-state index in [0.29, 0.717) is 6.01 Å². The molecule has 2 aromatic heterocycles. The Morgan fingerprint density at radius 3 is 2.76 bits per heavy atom. The summed E-state index contributed by atoms with van der Waals surface area (Å²) in [6.07, 6.45) is 5.76. The molecule has 0 radical (unpaired) electrons. The zero-order valence-corrected chi connectivity index (χ0v) is 19.2. The van der Waals surface area contributed by atoms with Crippen molar-refractivity contribution in [3.05, 3.63) is 66.4 Å². The van der Waals surface area contributed by atoms with Crippen molar-refractivity contribution in [2.24, 2.45) is 0 Å². The number of oxazole rings is 1.